The molecular formula is C20H24ClF3N2O2S. The third kappa shape index (κ3) is 3.70. The number of amides is 1. The van der Waals surface area contributed by atoms with E-state index >= 15 is 0 Å². The Hall–Kier alpha value is -1.51. The molecule has 0 spiro atoms. The van der Waals surface area contributed by atoms with Crippen molar-refractivity contribution in [3.05, 3.63) is 28.6 Å². The van der Waals surface area contributed by atoms with Crippen LogP contribution in [0.3, 0.4) is 0 Å². The monoisotopic (exact) mass is 448 g/mol. The fourth-order valence-electron chi connectivity index (χ4n) is 4.72. The minimum Gasteiger partial charge on any atom is -0.496 e. The molecule has 1 unspecified atom stereocenters. The van der Waals surface area contributed by atoms with Crippen LogP contribution >= 0.6 is 23.7 Å². The van der Waals surface area contributed by atoms with E-state index in [2.05, 4.69) is 24.1 Å². The van der Waals surface area contributed by atoms with Crippen LogP contribution in [0.25, 0.3) is 10.1 Å². The summed E-state index contributed by atoms with van der Waals surface area (Å²) in [6, 6.07) is 4.40. The highest BCUT2D eigenvalue weighted by molar-refractivity contribution is 7.21. The molecule has 2 aromatic rings. The number of methoxy groups -OCH3 is 1. The van der Waals surface area contributed by atoms with Crippen molar-refractivity contribution in [1.29, 1.82) is 0 Å². The quantitative estimate of drug-likeness (QED) is 0.722. The highest BCUT2D eigenvalue weighted by Crippen LogP contribution is 2.44. The molecule has 3 aliphatic rings. The van der Waals surface area contributed by atoms with Crippen LogP contribution in [0.2, 0.25) is 0 Å². The van der Waals surface area contributed by atoms with E-state index in [1.165, 1.54) is 13.2 Å². The van der Waals surface area contributed by atoms with Crippen LogP contribution < -0.4 is 10.1 Å². The lowest BCUT2D eigenvalue weighted by Crippen LogP contribution is -2.69. The molecule has 29 heavy (non-hydrogen) atoms. The lowest BCUT2D eigenvalue weighted by molar-refractivity contribution is -0.137. The smallest absolute Gasteiger partial charge is 0.421 e. The predicted molar refractivity (Wildman–Crippen MR) is 110 cm³/mol. The summed E-state index contributed by atoms with van der Waals surface area (Å²) in [5, 5.41) is 3.52. The summed E-state index contributed by atoms with van der Waals surface area (Å²) in [6.07, 6.45) is -2.48. The number of piperidine rings is 3. The largest absolute Gasteiger partial charge is 0.496 e. The number of thiophene rings is 1. The molecule has 0 saturated carbocycles. The molecule has 1 amide bonds. The highest BCUT2D eigenvalue weighted by Gasteiger charge is 2.48. The average Bonchev–Trinajstić information content (AvgIpc) is 3.07. The number of rotatable bonds is 3. The Morgan fingerprint density at radius 3 is 2.48 bits per heavy atom. The van der Waals surface area contributed by atoms with Gasteiger partial charge >= 0.3 is 6.18 Å². The van der Waals surface area contributed by atoms with Crippen LogP contribution in [0.1, 0.15) is 41.9 Å². The SMILES string of the molecule is COc1ccc2cc(C(=O)NC3C4CCN(CC4)C3(C)C)sc2c1C(F)(F)F.Cl. The number of hydrogen-bond acceptors (Lipinski definition) is 4. The third-order valence-corrected chi connectivity index (χ3v) is 7.42. The summed E-state index contributed by atoms with van der Waals surface area (Å²) in [6.45, 7) is 6.31. The number of nitrogens with one attached hydrogen (secondary N) is 1. The third-order valence-electron chi connectivity index (χ3n) is 6.25. The number of fused-ring (bicyclic) bond motifs is 4. The maximum Gasteiger partial charge on any atom is 0.421 e. The lowest BCUT2D eigenvalue weighted by atomic mass is 9.72. The summed E-state index contributed by atoms with van der Waals surface area (Å²) in [4.78, 5) is 15.6. The molecule has 160 valence electrons. The zero-order valence-electron chi connectivity index (χ0n) is 16.4. The maximum absolute atomic E-state index is 13.6. The van der Waals surface area contributed by atoms with Crippen LogP contribution in [0.4, 0.5) is 13.2 Å². The second-order valence-corrected chi connectivity index (χ2v) is 9.15. The zero-order valence-corrected chi connectivity index (χ0v) is 18.1. The molecule has 5 rings (SSSR count). The van der Waals surface area contributed by atoms with E-state index < -0.39 is 11.7 Å². The van der Waals surface area contributed by atoms with Gasteiger partial charge in [0.05, 0.1) is 16.7 Å². The van der Waals surface area contributed by atoms with Gasteiger partial charge in [-0.1, -0.05) is 0 Å². The first-order valence-electron chi connectivity index (χ1n) is 9.36. The van der Waals surface area contributed by atoms with Gasteiger partial charge in [-0.15, -0.1) is 23.7 Å². The van der Waals surface area contributed by atoms with Crippen LogP contribution in [0, 0.1) is 5.92 Å². The number of halogens is 4. The molecule has 1 aromatic carbocycles. The van der Waals surface area contributed by atoms with Crippen LogP contribution in [0.5, 0.6) is 5.75 Å². The maximum atomic E-state index is 13.6. The van der Waals surface area contributed by atoms with E-state index in [-0.39, 0.29) is 40.3 Å². The Morgan fingerprint density at radius 1 is 1.28 bits per heavy atom. The van der Waals surface area contributed by atoms with Crippen LogP contribution in [-0.2, 0) is 6.18 Å². The molecule has 3 aliphatic heterocycles. The van der Waals surface area contributed by atoms with E-state index in [9.17, 15) is 18.0 Å². The normalized spacial score (nSPS) is 25.5. The molecule has 1 N–H and O–H groups in total. The second kappa shape index (κ2) is 7.63. The lowest BCUT2D eigenvalue weighted by Gasteiger charge is -2.56. The topological polar surface area (TPSA) is 41.6 Å². The number of benzene rings is 1. The number of alkyl halides is 3. The summed E-state index contributed by atoms with van der Waals surface area (Å²) >= 11 is 0.872. The standard InChI is InChI=1S/C20H23F3N2O2S.ClH/c1-19(2)17(11-6-8-25(19)9-7-11)24-18(26)14-10-12-4-5-13(27-3)15(16(12)28-14)20(21,22)23;/h4-5,10-11,17H,6-9H2,1-3H3,(H,24,26);1H. The Bertz CT molecular complexity index is 920. The number of carbonyl (C=O) groups excluding carboxylic acids is 1. The molecule has 3 saturated heterocycles. The van der Waals surface area contributed by atoms with Gasteiger partial charge in [0.25, 0.3) is 5.91 Å². The van der Waals surface area contributed by atoms with Crippen molar-refractivity contribution in [2.75, 3.05) is 20.2 Å². The summed E-state index contributed by atoms with van der Waals surface area (Å²) in [7, 11) is 1.22. The molecule has 1 aromatic heterocycles. The van der Waals surface area contributed by atoms with Gasteiger partial charge in [-0.2, -0.15) is 13.2 Å². The summed E-state index contributed by atoms with van der Waals surface area (Å²) < 4.78 is 45.7. The minimum absolute atomic E-state index is 0. The first kappa shape index (κ1) is 22.2. The van der Waals surface area contributed by atoms with Crippen LogP contribution in [0.15, 0.2) is 18.2 Å². The van der Waals surface area contributed by atoms with Gasteiger partial charge in [-0.3, -0.25) is 9.69 Å². The first-order valence-corrected chi connectivity index (χ1v) is 10.2. The van der Waals surface area contributed by atoms with Gasteiger partial charge in [-0.25, -0.2) is 0 Å². The molecular weight excluding hydrogens is 425 g/mol. The highest BCUT2D eigenvalue weighted by atomic mass is 35.5. The van der Waals surface area contributed by atoms with Crippen molar-refractivity contribution in [3.8, 4) is 5.75 Å². The van der Waals surface area contributed by atoms with Gasteiger partial charge in [-0.05, 0) is 69.3 Å². The van der Waals surface area contributed by atoms with Crippen molar-refractivity contribution >= 4 is 39.7 Å². The first-order chi connectivity index (χ1) is 13.1. The van der Waals surface area contributed by atoms with Crippen LogP contribution in [-0.4, -0.2) is 42.6 Å². The Kier molecular flexibility index (Phi) is 5.84. The van der Waals surface area contributed by atoms with Gasteiger partial charge in [0.15, 0.2) is 0 Å². The van der Waals surface area contributed by atoms with E-state index in [4.69, 9.17) is 4.74 Å². The predicted octanol–water partition coefficient (Wildman–Crippen LogP) is 4.95. The molecule has 4 nitrogen and oxygen atoms in total. The number of hydrogen-bond donors (Lipinski definition) is 1. The van der Waals surface area contributed by atoms with Gasteiger partial charge in [0, 0.05) is 11.6 Å². The van der Waals surface area contributed by atoms with Crippen molar-refractivity contribution in [3.63, 3.8) is 0 Å². The second-order valence-electron chi connectivity index (χ2n) is 8.10. The van der Waals surface area contributed by atoms with E-state index in [1.54, 1.807) is 12.1 Å². The Labute approximate surface area is 177 Å². The van der Waals surface area contributed by atoms with Crippen molar-refractivity contribution in [2.45, 2.75) is 44.4 Å². The summed E-state index contributed by atoms with van der Waals surface area (Å²) in [5.74, 6) is -0.128. The van der Waals surface area contributed by atoms with Gasteiger partial charge in [0.2, 0.25) is 0 Å². The molecule has 9 heteroatoms. The Balaban J connectivity index is 0.00000240. The Morgan fingerprint density at radius 2 is 1.93 bits per heavy atom. The van der Waals surface area contributed by atoms with Crippen molar-refractivity contribution in [1.82, 2.24) is 10.2 Å². The van der Waals surface area contributed by atoms with Crippen molar-refractivity contribution in [2.24, 2.45) is 5.92 Å². The van der Waals surface area contributed by atoms with Gasteiger partial charge < -0.3 is 10.1 Å². The fraction of sp³-hybridized carbons (Fsp3) is 0.550. The minimum atomic E-state index is -4.55. The molecule has 0 aliphatic carbocycles. The fourth-order valence-corrected chi connectivity index (χ4v) is 5.85. The van der Waals surface area contributed by atoms with Gasteiger partial charge in [0.1, 0.15) is 11.3 Å². The molecule has 2 bridgehead atoms. The van der Waals surface area contributed by atoms with Crippen molar-refractivity contribution < 1.29 is 22.7 Å². The van der Waals surface area contributed by atoms with E-state index in [0.29, 0.717) is 16.2 Å². The number of ether oxygens (including phenoxy) is 1. The zero-order chi connectivity index (χ0) is 20.3. The molecule has 4 heterocycles. The summed E-state index contributed by atoms with van der Waals surface area (Å²) in [5.41, 5.74) is -0.979. The molecule has 3 fully saturated rings. The number of carbonyl (C=O) groups is 1. The molecule has 0 radical (unpaired) electrons. The van der Waals surface area contributed by atoms with E-state index in [1.807, 2.05) is 0 Å². The van der Waals surface area contributed by atoms with E-state index in [0.717, 1.165) is 37.3 Å². The number of nitrogens with zero attached hydrogens (tertiary/aromatic N) is 1. The average molecular weight is 449 g/mol. The molecule has 1 atom stereocenters.